The Bertz CT molecular complexity index is 1130. The van der Waals surface area contributed by atoms with Gasteiger partial charge in [0.15, 0.2) is 11.6 Å². The Morgan fingerprint density at radius 1 is 1.22 bits per heavy atom. The molecular formula is C19H19ClF2IN3O5S. The van der Waals surface area contributed by atoms with Crippen LogP contribution in [0.2, 0.25) is 5.02 Å². The summed E-state index contributed by atoms with van der Waals surface area (Å²) >= 11 is 8.08. The summed E-state index contributed by atoms with van der Waals surface area (Å²) in [5.74, 6) is -4.98. The van der Waals surface area contributed by atoms with Gasteiger partial charge in [-0.05, 0) is 46.9 Å². The Kier molecular flexibility index (Phi) is 8.27. The van der Waals surface area contributed by atoms with Crippen LogP contribution in [0.15, 0.2) is 29.2 Å². The summed E-state index contributed by atoms with van der Waals surface area (Å²) in [5, 5.41) is 12.1. The van der Waals surface area contributed by atoms with Gasteiger partial charge in [-0.3, -0.25) is 4.90 Å². The Morgan fingerprint density at radius 3 is 2.53 bits per heavy atom. The van der Waals surface area contributed by atoms with Crippen molar-refractivity contribution < 1.29 is 31.8 Å². The summed E-state index contributed by atoms with van der Waals surface area (Å²) in [7, 11) is -4.51. The van der Waals surface area contributed by atoms with Gasteiger partial charge in [0.1, 0.15) is 4.90 Å². The molecule has 32 heavy (non-hydrogen) atoms. The van der Waals surface area contributed by atoms with Crippen molar-refractivity contribution in [3.63, 3.8) is 0 Å². The lowest BCUT2D eigenvalue weighted by Crippen LogP contribution is -2.41. The van der Waals surface area contributed by atoms with Crippen molar-refractivity contribution in [2.24, 2.45) is 0 Å². The fourth-order valence-electron chi connectivity index (χ4n) is 3.06. The van der Waals surface area contributed by atoms with Crippen molar-refractivity contribution in [3.8, 4) is 0 Å². The topological polar surface area (TPSA) is 108 Å². The number of carbonyl (C=O) groups is 1. The minimum atomic E-state index is -4.51. The molecule has 1 heterocycles. The number of carboxylic acid groups (broad SMARTS) is 1. The lowest BCUT2D eigenvalue weighted by Gasteiger charge is -2.26. The van der Waals surface area contributed by atoms with Crippen molar-refractivity contribution >= 4 is 61.6 Å². The average Bonchev–Trinajstić information content (AvgIpc) is 2.73. The maximum atomic E-state index is 14.9. The second kappa shape index (κ2) is 10.6. The van der Waals surface area contributed by atoms with Gasteiger partial charge < -0.3 is 15.2 Å². The summed E-state index contributed by atoms with van der Waals surface area (Å²) in [6, 6.07) is 5.21. The van der Waals surface area contributed by atoms with Gasteiger partial charge in [0.25, 0.3) is 0 Å². The third-order valence-electron chi connectivity index (χ3n) is 4.71. The van der Waals surface area contributed by atoms with Gasteiger partial charge in [0.05, 0.1) is 35.2 Å². The van der Waals surface area contributed by atoms with Gasteiger partial charge in [-0.25, -0.2) is 26.7 Å². The Hall–Kier alpha value is -1.58. The zero-order valence-corrected chi connectivity index (χ0v) is 20.2. The number of anilines is 2. The molecule has 0 unspecified atom stereocenters. The standard InChI is InChI=1S/C19H19ClF2IN3O5S/c20-13-9-11(23)1-2-14(13)25-18-12(19(27)28)10-15(16(21)17(18)22)32(29,30)24-3-4-26-5-7-31-8-6-26/h1-2,9-10,24-25H,3-8H2,(H,27,28). The van der Waals surface area contributed by atoms with Gasteiger partial charge in [0, 0.05) is 29.7 Å². The molecule has 8 nitrogen and oxygen atoms in total. The van der Waals surface area contributed by atoms with E-state index in [1.807, 2.05) is 27.5 Å². The van der Waals surface area contributed by atoms with Gasteiger partial charge in [-0.1, -0.05) is 11.6 Å². The molecule has 0 spiro atoms. The molecule has 0 amide bonds. The summed E-state index contributed by atoms with van der Waals surface area (Å²) in [4.78, 5) is 12.6. The van der Waals surface area contributed by atoms with E-state index in [0.29, 0.717) is 38.9 Å². The van der Waals surface area contributed by atoms with Gasteiger partial charge in [-0.2, -0.15) is 0 Å². The minimum Gasteiger partial charge on any atom is -0.478 e. The molecule has 1 saturated heterocycles. The maximum absolute atomic E-state index is 14.9. The van der Waals surface area contributed by atoms with Crippen LogP contribution < -0.4 is 10.0 Å². The number of hydrogen-bond donors (Lipinski definition) is 3. The van der Waals surface area contributed by atoms with Crippen LogP contribution in [-0.4, -0.2) is 63.8 Å². The Morgan fingerprint density at radius 2 is 1.91 bits per heavy atom. The normalized spacial score (nSPS) is 15.0. The zero-order valence-electron chi connectivity index (χ0n) is 16.5. The number of hydrogen-bond acceptors (Lipinski definition) is 6. The number of nitrogens with zero attached hydrogens (tertiary/aromatic N) is 1. The Labute approximate surface area is 202 Å². The number of sulfonamides is 1. The van der Waals surface area contributed by atoms with Gasteiger partial charge in [-0.15, -0.1) is 0 Å². The van der Waals surface area contributed by atoms with Crippen LogP contribution in [0, 0.1) is 15.2 Å². The molecule has 0 saturated carbocycles. The predicted molar refractivity (Wildman–Crippen MR) is 123 cm³/mol. The van der Waals surface area contributed by atoms with E-state index in [-0.39, 0.29) is 17.3 Å². The van der Waals surface area contributed by atoms with Crippen LogP contribution >= 0.6 is 34.2 Å². The highest BCUT2D eigenvalue weighted by Crippen LogP contribution is 2.33. The highest BCUT2D eigenvalue weighted by atomic mass is 127. The summed E-state index contributed by atoms with van der Waals surface area (Å²) < 4.78 is 63.0. The van der Waals surface area contributed by atoms with Crippen molar-refractivity contribution in [2.75, 3.05) is 44.7 Å². The van der Waals surface area contributed by atoms with Crippen molar-refractivity contribution in [1.29, 1.82) is 0 Å². The largest absolute Gasteiger partial charge is 0.478 e. The van der Waals surface area contributed by atoms with Crippen LogP contribution in [0.5, 0.6) is 0 Å². The fraction of sp³-hybridized carbons (Fsp3) is 0.316. The number of aromatic carboxylic acids is 1. The minimum absolute atomic E-state index is 0.0654. The maximum Gasteiger partial charge on any atom is 0.337 e. The van der Waals surface area contributed by atoms with E-state index in [4.69, 9.17) is 16.3 Å². The number of benzene rings is 2. The molecule has 1 aliphatic rings. The molecule has 0 radical (unpaired) electrons. The first-order valence-corrected chi connectivity index (χ1v) is 12.3. The number of morpholine rings is 1. The van der Waals surface area contributed by atoms with Crippen LogP contribution in [0.4, 0.5) is 20.2 Å². The first kappa shape index (κ1) is 25.1. The van der Waals surface area contributed by atoms with E-state index in [1.54, 1.807) is 6.07 Å². The first-order valence-electron chi connectivity index (χ1n) is 9.37. The smallest absolute Gasteiger partial charge is 0.337 e. The molecule has 0 aromatic heterocycles. The van der Waals surface area contributed by atoms with Crippen molar-refractivity contribution in [2.45, 2.75) is 4.90 Å². The molecule has 13 heteroatoms. The lowest BCUT2D eigenvalue weighted by atomic mass is 10.1. The van der Waals surface area contributed by atoms with E-state index >= 15 is 0 Å². The Balaban J connectivity index is 1.89. The van der Waals surface area contributed by atoms with Gasteiger partial charge >= 0.3 is 5.97 Å². The number of ether oxygens (including phenoxy) is 1. The van der Waals surface area contributed by atoms with E-state index in [9.17, 15) is 27.1 Å². The van der Waals surface area contributed by atoms with E-state index in [2.05, 4.69) is 10.0 Å². The second-order valence-corrected chi connectivity index (χ2v) is 10.2. The highest BCUT2D eigenvalue weighted by molar-refractivity contribution is 14.1. The van der Waals surface area contributed by atoms with Crippen LogP contribution in [0.3, 0.4) is 0 Å². The monoisotopic (exact) mass is 601 g/mol. The molecule has 0 atom stereocenters. The summed E-state index contributed by atoms with van der Waals surface area (Å²) in [6.45, 7) is 2.55. The van der Waals surface area contributed by atoms with Crippen LogP contribution in [0.25, 0.3) is 0 Å². The van der Waals surface area contributed by atoms with Crippen molar-refractivity contribution in [1.82, 2.24) is 9.62 Å². The van der Waals surface area contributed by atoms with E-state index in [0.717, 1.165) is 3.57 Å². The zero-order chi connectivity index (χ0) is 23.5. The highest BCUT2D eigenvalue weighted by Gasteiger charge is 2.29. The molecule has 174 valence electrons. The first-order chi connectivity index (χ1) is 15.1. The van der Waals surface area contributed by atoms with Crippen LogP contribution in [0.1, 0.15) is 10.4 Å². The molecule has 3 rings (SSSR count). The average molecular weight is 602 g/mol. The third-order valence-corrected chi connectivity index (χ3v) is 7.15. The van der Waals surface area contributed by atoms with Crippen molar-refractivity contribution in [3.05, 3.63) is 50.1 Å². The number of rotatable bonds is 8. The number of carboxylic acids is 1. The molecule has 0 aliphatic carbocycles. The van der Waals surface area contributed by atoms with E-state index < -0.39 is 43.8 Å². The van der Waals surface area contributed by atoms with Gasteiger partial charge in [0.2, 0.25) is 10.0 Å². The lowest BCUT2D eigenvalue weighted by molar-refractivity contribution is 0.0390. The molecule has 2 aromatic carbocycles. The number of halogens is 4. The number of nitrogens with one attached hydrogen (secondary N) is 2. The summed E-state index contributed by atoms with van der Waals surface area (Å²) in [5.41, 5.74) is -1.36. The van der Waals surface area contributed by atoms with Crippen LogP contribution in [-0.2, 0) is 14.8 Å². The summed E-state index contributed by atoms with van der Waals surface area (Å²) in [6.07, 6.45) is 0. The molecule has 1 aliphatic heterocycles. The van der Waals surface area contributed by atoms with E-state index in [1.165, 1.54) is 12.1 Å². The second-order valence-electron chi connectivity index (χ2n) is 6.83. The quantitative estimate of drug-likeness (QED) is 0.399. The fourth-order valence-corrected chi connectivity index (χ4v) is 5.07. The molecule has 2 aromatic rings. The third kappa shape index (κ3) is 5.85. The molecule has 3 N–H and O–H groups in total. The molecular weight excluding hydrogens is 583 g/mol. The SMILES string of the molecule is O=C(O)c1cc(S(=O)(=O)NCCN2CCOCC2)c(F)c(F)c1Nc1ccc(I)cc1Cl. The molecule has 1 fully saturated rings. The predicted octanol–water partition coefficient (Wildman–Crippen LogP) is 3.28. The molecule has 0 bridgehead atoms.